The maximum Gasteiger partial charge on any atom is 0.304 e. The van der Waals surface area contributed by atoms with Crippen LogP contribution in [0.5, 0.6) is 0 Å². The van der Waals surface area contributed by atoms with Crippen molar-refractivity contribution in [1.82, 2.24) is 4.90 Å². The molecular formula is C10H19NO5S. The molecular weight excluding hydrogens is 246 g/mol. The van der Waals surface area contributed by atoms with Gasteiger partial charge in [-0.05, 0) is 13.8 Å². The lowest BCUT2D eigenvalue weighted by Gasteiger charge is -2.33. The number of rotatable bonds is 5. The summed E-state index contributed by atoms with van der Waals surface area (Å²) < 4.78 is 22.8. The second-order valence-corrected chi connectivity index (χ2v) is 6.84. The number of hydrogen-bond donors (Lipinski definition) is 2. The van der Waals surface area contributed by atoms with Gasteiger partial charge in [-0.3, -0.25) is 9.69 Å². The standard InChI is InChI=1S/C10H19NO5S/c1-7(2)11(4-3-10(13)14)8-5-17(15,16)6-9(8)12/h7-9,12H,3-6H2,1-2H3,(H,13,14). The van der Waals surface area contributed by atoms with Gasteiger partial charge in [0.2, 0.25) is 0 Å². The third kappa shape index (κ3) is 3.93. The number of hydrogen-bond acceptors (Lipinski definition) is 5. The SMILES string of the molecule is CC(C)N(CCC(=O)O)C1CS(=O)(=O)CC1O. The van der Waals surface area contributed by atoms with E-state index >= 15 is 0 Å². The predicted molar refractivity (Wildman–Crippen MR) is 62.5 cm³/mol. The van der Waals surface area contributed by atoms with Crippen LogP contribution in [0.3, 0.4) is 0 Å². The largest absolute Gasteiger partial charge is 0.481 e. The van der Waals surface area contributed by atoms with E-state index in [9.17, 15) is 18.3 Å². The fourth-order valence-electron chi connectivity index (χ4n) is 2.16. The van der Waals surface area contributed by atoms with Gasteiger partial charge < -0.3 is 10.2 Å². The van der Waals surface area contributed by atoms with Gasteiger partial charge in [0.05, 0.1) is 30.1 Å². The van der Waals surface area contributed by atoms with Gasteiger partial charge in [0.1, 0.15) is 0 Å². The molecule has 0 aromatic rings. The Labute approximate surface area is 101 Å². The highest BCUT2D eigenvalue weighted by molar-refractivity contribution is 7.91. The zero-order chi connectivity index (χ0) is 13.2. The third-order valence-electron chi connectivity index (χ3n) is 2.97. The van der Waals surface area contributed by atoms with Crippen LogP contribution in [0.25, 0.3) is 0 Å². The summed E-state index contributed by atoms with van der Waals surface area (Å²) in [6, 6.07) is -0.485. The van der Waals surface area contributed by atoms with Crippen LogP contribution >= 0.6 is 0 Å². The maximum absolute atomic E-state index is 11.4. The fourth-order valence-corrected chi connectivity index (χ4v) is 3.97. The van der Waals surface area contributed by atoms with E-state index in [0.717, 1.165) is 0 Å². The molecule has 0 bridgehead atoms. The van der Waals surface area contributed by atoms with Crippen molar-refractivity contribution in [3.8, 4) is 0 Å². The predicted octanol–water partition coefficient (Wildman–Crippen LogP) is -0.671. The van der Waals surface area contributed by atoms with Crippen molar-refractivity contribution in [3.63, 3.8) is 0 Å². The summed E-state index contributed by atoms with van der Waals surface area (Å²) in [7, 11) is -3.20. The average molecular weight is 265 g/mol. The molecule has 0 aliphatic carbocycles. The van der Waals surface area contributed by atoms with Crippen molar-refractivity contribution in [1.29, 1.82) is 0 Å². The number of nitrogens with zero attached hydrogens (tertiary/aromatic N) is 1. The molecule has 0 spiro atoms. The lowest BCUT2D eigenvalue weighted by Crippen LogP contribution is -2.47. The van der Waals surface area contributed by atoms with Gasteiger partial charge >= 0.3 is 5.97 Å². The molecule has 2 N–H and O–H groups in total. The van der Waals surface area contributed by atoms with Crippen LogP contribution in [0.4, 0.5) is 0 Å². The molecule has 1 aliphatic rings. The van der Waals surface area contributed by atoms with Crippen molar-refractivity contribution in [2.75, 3.05) is 18.1 Å². The molecule has 1 rings (SSSR count). The van der Waals surface area contributed by atoms with Gasteiger partial charge in [0, 0.05) is 12.6 Å². The molecule has 1 fully saturated rings. The first kappa shape index (κ1) is 14.4. The average Bonchev–Trinajstić information content (AvgIpc) is 2.39. The van der Waals surface area contributed by atoms with Gasteiger partial charge in [-0.1, -0.05) is 0 Å². The van der Waals surface area contributed by atoms with Gasteiger partial charge in [0.25, 0.3) is 0 Å². The van der Waals surface area contributed by atoms with Gasteiger partial charge in [0.15, 0.2) is 9.84 Å². The van der Waals surface area contributed by atoms with Gasteiger partial charge in [-0.2, -0.15) is 0 Å². The first-order chi connectivity index (χ1) is 7.73. The van der Waals surface area contributed by atoms with Crippen LogP contribution in [0, 0.1) is 0 Å². The minimum atomic E-state index is -3.20. The second-order valence-electron chi connectivity index (χ2n) is 4.69. The molecule has 17 heavy (non-hydrogen) atoms. The number of carbonyl (C=O) groups is 1. The molecule has 6 nitrogen and oxygen atoms in total. The Kier molecular flexibility index (Phi) is 4.51. The normalized spacial score (nSPS) is 27.8. The second kappa shape index (κ2) is 5.32. The molecule has 0 radical (unpaired) electrons. The molecule has 0 amide bonds. The summed E-state index contributed by atoms with van der Waals surface area (Å²) in [6.45, 7) is 3.98. The maximum atomic E-state index is 11.4. The third-order valence-corrected chi connectivity index (χ3v) is 4.67. The molecule has 7 heteroatoms. The highest BCUT2D eigenvalue weighted by Crippen LogP contribution is 2.20. The Morgan fingerprint density at radius 2 is 2.00 bits per heavy atom. The monoisotopic (exact) mass is 265 g/mol. The molecule has 2 unspecified atom stereocenters. The summed E-state index contributed by atoms with van der Waals surface area (Å²) in [5.74, 6) is -1.24. The quantitative estimate of drug-likeness (QED) is 0.684. The van der Waals surface area contributed by atoms with Crippen LogP contribution in [0.2, 0.25) is 0 Å². The zero-order valence-electron chi connectivity index (χ0n) is 10.0. The molecule has 0 saturated carbocycles. The summed E-state index contributed by atoms with van der Waals surface area (Å²) in [4.78, 5) is 12.3. The van der Waals surface area contributed by atoms with E-state index in [-0.39, 0.29) is 30.5 Å². The molecule has 1 saturated heterocycles. The van der Waals surface area contributed by atoms with Gasteiger partial charge in [-0.15, -0.1) is 0 Å². The van der Waals surface area contributed by atoms with E-state index in [0.29, 0.717) is 0 Å². The van der Waals surface area contributed by atoms with Crippen LogP contribution in [0.15, 0.2) is 0 Å². The Morgan fingerprint density at radius 3 is 2.35 bits per heavy atom. The number of sulfone groups is 1. The van der Waals surface area contributed by atoms with Crippen LogP contribution in [-0.2, 0) is 14.6 Å². The summed E-state index contributed by atoms with van der Waals surface area (Å²) >= 11 is 0. The van der Waals surface area contributed by atoms with Crippen molar-refractivity contribution < 1.29 is 23.4 Å². The minimum absolute atomic E-state index is 0.00213. The molecule has 1 aliphatic heterocycles. The number of aliphatic carboxylic acids is 1. The van der Waals surface area contributed by atoms with E-state index < -0.39 is 28.0 Å². The highest BCUT2D eigenvalue weighted by atomic mass is 32.2. The number of aliphatic hydroxyl groups excluding tert-OH is 1. The van der Waals surface area contributed by atoms with Crippen LogP contribution in [-0.4, -0.2) is 65.7 Å². The number of aliphatic hydroxyl groups is 1. The minimum Gasteiger partial charge on any atom is -0.481 e. The molecule has 0 aromatic heterocycles. The van der Waals surface area contributed by atoms with E-state index in [1.165, 1.54) is 0 Å². The van der Waals surface area contributed by atoms with E-state index in [2.05, 4.69) is 0 Å². The Balaban J connectivity index is 2.74. The molecule has 0 aromatic carbocycles. The fraction of sp³-hybridized carbons (Fsp3) is 0.900. The van der Waals surface area contributed by atoms with E-state index in [1.807, 2.05) is 13.8 Å². The Bertz CT molecular complexity index is 378. The Hall–Kier alpha value is -0.660. The van der Waals surface area contributed by atoms with Gasteiger partial charge in [-0.25, -0.2) is 8.42 Å². The summed E-state index contributed by atoms with van der Waals surface area (Å²) in [6.07, 6.45) is -0.974. The molecule has 100 valence electrons. The smallest absolute Gasteiger partial charge is 0.304 e. The van der Waals surface area contributed by atoms with Crippen molar-refractivity contribution in [3.05, 3.63) is 0 Å². The van der Waals surface area contributed by atoms with Crippen molar-refractivity contribution in [2.24, 2.45) is 0 Å². The lowest BCUT2D eigenvalue weighted by atomic mass is 10.1. The number of carboxylic acid groups (broad SMARTS) is 1. The van der Waals surface area contributed by atoms with Crippen LogP contribution in [0.1, 0.15) is 20.3 Å². The Morgan fingerprint density at radius 1 is 1.41 bits per heavy atom. The zero-order valence-corrected chi connectivity index (χ0v) is 10.9. The van der Waals surface area contributed by atoms with E-state index in [4.69, 9.17) is 5.11 Å². The summed E-state index contributed by atoms with van der Waals surface area (Å²) in [5, 5.41) is 18.4. The first-order valence-corrected chi connectivity index (χ1v) is 7.41. The van der Waals surface area contributed by atoms with Crippen molar-refractivity contribution >= 4 is 15.8 Å². The van der Waals surface area contributed by atoms with E-state index in [1.54, 1.807) is 4.90 Å². The molecule has 2 atom stereocenters. The van der Waals surface area contributed by atoms with Crippen LogP contribution < -0.4 is 0 Å². The molecule has 1 heterocycles. The highest BCUT2D eigenvalue weighted by Gasteiger charge is 2.40. The lowest BCUT2D eigenvalue weighted by molar-refractivity contribution is -0.137. The topological polar surface area (TPSA) is 94.9 Å². The first-order valence-electron chi connectivity index (χ1n) is 5.59. The number of carboxylic acids is 1. The summed E-state index contributed by atoms with van der Waals surface area (Å²) in [5.41, 5.74) is 0. The van der Waals surface area contributed by atoms with Crippen molar-refractivity contribution in [2.45, 2.75) is 38.5 Å².